The minimum Gasteiger partial charge on any atom is -0.317 e. The SMILES string of the molecule is C1CC(CCC2NCCN2)CCN1. The van der Waals surface area contributed by atoms with Crippen LogP contribution in [-0.2, 0) is 0 Å². The molecule has 0 amide bonds. The molecule has 2 heterocycles. The van der Waals surface area contributed by atoms with Gasteiger partial charge in [0.2, 0.25) is 0 Å². The van der Waals surface area contributed by atoms with Crippen LogP contribution >= 0.6 is 0 Å². The second-order valence-electron chi connectivity index (χ2n) is 4.23. The predicted molar refractivity (Wildman–Crippen MR) is 54.6 cm³/mol. The fourth-order valence-corrected chi connectivity index (χ4v) is 2.34. The van der Waals surface area contributed by atoms with Crippen molar-refractivity contribution in [2.45, 2.75) is 31.8 Å². The van der Waals surface area contributed by atoms with Crippen molar-refractivity contribution in [2.24, 2.45) is 5.92 Å². The van der Waals surface area contributed by atoms with Crippen molar-refractivity contribution in [3.05, 3.63) is 0 Å². The normalized spacial score (nSPS) is 26.8. The van der Waals surface area contributed by atoms with E-state index in [1.807, 2.05) is 0 Å². The number of hydrogen-bond acceptors (Lipinski definition) is 3. The van der Waals surface area contributed by atoms with Crippen LogP contribution in [0.3, 0.4) is 0 Å². The van der Waals surface area contributed by atoms with E-state index in [0.29, 0.717) is 6.17 Å². The molecule has 3 N–H and O–H groups in total. The smallest absolute Gasteiger partial charge is 0.0572 e. The number of piperidine rings is 1. The lowest BCUT2D eigenvalue weighted by Gasteiger charge is -2.23. The molecular formula is C10H21N3. The van der Waals surface area contributed by atoms with Gasteiger partial charge in [0.15, 0.2) is 0 Å². The van der Waals surface area contributed by atoms with Crippen LogP contribution in [0.5, 0.6) is 0 Å². The van der Waals surface area contributed by atoms with Gasteiger partial charge >= 0.3 is 0 Å². The van der Waals surface area contributed by atoms with Crippen LogP contribution in [0, 0.1) is 5.92 Å². The second-order valence-corrected chi connectivity index (χ2v) is 4.23. The molecule has 0 spiro atoms. The molecule has 0 aliphatic carbocycles. The first-order valence-corrected chi connectivity index (χ1v) is 5.62. The lowest BCUT2D eigenvalue weighted by Crippen LogP contribution is -2.33. The Morgan fingerprint density at radius 2 is 1.54 bits per heavy atom. The van der Waals surface area contributed by atoms with E-state index in [-0.39, 0.29) is 0 Å². The van der Waals surface area contributed by atoms with Crippen molar-refractivity contribution in [3.8, 4) is 0 Å². The van der Waals surface area contributed by atoms with Crippen molar-refractivity contribution in [2.75, 3.05) is 26.2 Å². The van der Waals surface area contributed by atoms with Crippen molar-refractivity contribution in [1.29, 1.82) is 0 Å². The summed E-state index contributed by atoms with van der Waals surface area (Å²) in [7, 11) is 0. The van der Waals surface area contributed by atoms with Gasteiger partial charge in [-0.2, -0.15) is 0 Å². The molecule has 0 aromatic heterocycles. The van der Waals surface area contributed by atoms with Gasteiger partial charge in [-0.15, -0.1) is 0 Å². The summed E-state index contributed by atoms with van der Waals surface area (Å²) in [6.07, 6.45) is 6.08. The van der Waals surface area contributed by atoms with Crippen LogP contribution in [0.2, 0.25) is 0 Å². The zero-order chi connectivity index (χ0) is 8.93. The first kappa shape index (κ1) is 9.44. The molecule has 2 rings (SSSR count). The Morgan fingerprint density at radius 3 is 2.23 bits per heavy atom. The van der Waals surface area contributed by atoms with Gasteiger partial charge in [0.25, 0.3) is 0 Å². The van der Waals surface area contributed by atoms with Gasteiger partial charge in [-0.05, 0) is 44.7 Å². The molecule has 0 saturated carbocycles. The van der Waals surface area contributed by atoms with Crippen molar-refractivity contribution in [3.63, 3.8) is 0 Å². The van der Waals surface area contributed by atoms with Crippen LogP contribution in [0.4, 0.5) is 0 Å². The predicted octanol–water partition coefficient (Wildman–Crippen LogP) is 0.285. The summed E-state index contributed by atoms with van der Waals surface area (Å²) in [6, 6.07) is 0. The first-order chi connectivity index (χ1) is 6.45. The second kappa shape index (κ2) is 4.94. The number of nitrogens with one attached hydrogen (secondary N) is 3. The summed E-state index contributed by atoms with van der Waals surface area (Å²) in [4.78, 5) is 0. The number of rotatable bonds is 3. The number of hydrogen-bond donors (Lipinski definition) is 3. The molecule has 0 aromatic rings. The van der Waals surface area contributed by atoms with Gasteiger partial charge < -0.3 is 16.0 Å². The van der Waals surface area contributed by atoms with E-state index in [1.54, 1.807) is 0 Å². The minimum absolute atomic E-state index is 0.606. The summed E-state index contributed by atoms with van der Waals surface area (Å²) in [5.41, 5.74) is 0. The van der Waals surface area contributed by atoms with Crippen LogP contribution in [0.15, 0.2) is 0 Å². The maximum atomic E-state index is 3.47. The van der Waals surface area contributed by atoms with E-state index >= 15 is 0 Å². The lowest BCUT2D eigenvalue weighted by molar-refractivity contribution is 0.326. The van der Waals surface area contributed by atoms with Gasteiger partial charge in [0.05, 0.1) is 6.17 Å². The molecule has 3 nitrogen and oxygen atoms in total. The summed E-state index contributed by atoms with van der Waals surface area (Å²) >= 11 is 0. The third-order valence-electron chi connectivity index (χ3n) is 3.23. The van der Waals surface area contributed by atoms with E-state index in [0.717, 1.165) is 19.0 Å². The Morgan fingerprint density at radius 1 is 0.846 bits per heavy atom. The molecule has 0 aromatic carbocycles. The lowest BCUT2D eigenvalue weighted by atomic mass is 9.93. The molecule has 2 aliphatic rings. The van der Waals surface area contributed by atoms with Crippen molar-refractivity contribution in [1.82, 2.24) is 16.0 Å². The Labute approximate surface area is 80.7 Å². The average molecular weight is 183 g/mol. The van der Waals surface area contributed by atoms with E-state index in [4.69, 9.17) is 0 Å². The molecule has 3 heteroatoms. The fraction of sp³-hybridized carbons (Fsp3) is 1.00. The zero-order valence-corrected chi connectivity index (χ0v) is 8.31. The van der Waals surface area contributed by atoms with Crippen LogP contribution in [0.1, 0.15) is 25.7 Å². The van der Waals surface area contributed by atoms with Crippen molar-refractivity contribution < 1.29 is 0 Å². The molecule has 2 aliphatic heterocycles. The Hall–Kier alpha value is -0.120. The van der Waals surface area contributed by atoms with E-state index < -0.39 is 0 Å². The van der Waals surface area contributed by atoms with Crippen LogP contribution in [-0.4, -0.2) is 32.3 Å². The highest BCUT2D eigenvalue weighted by Crippen LogP contribution is 2.18. The third kappa shape index (κ3) is 2.93. The summed E-state index contributed by atoms with van der Waals surface area (Å²) in [5.74, 6) is 0.977. The highest BCUT2D eigenvalue weighted by atomic mass is 15.2. The molecule has 2 fully saturated rings. The van der Waals surface area contributed by atoms with Gasteiger partial charge in [0.1, 0.15) is 0 Å². The molecular weight excluding hydrogens is 162 g/mol. The van der Waals surface area contributed by atoms with E-state index in [9.17, 15) is 0 Å². The Balaban J connectivity index is 1.60. The maximum Gasteiger partial charge on any atom is 0.0572 e. The van der Waals surface area contributed by atoms with E-state index in [2.05, 4.69) is 16.0 Å². The highest BCUT2D eigenvalue weighted by molar-refractivity contribution is 4.75. The molecule has 13 heavy (non-hydrogen) atoms. The standard InChI is InChI=1S/C10H21N3/c1(2-10-12-7-8-13-10)9-3-5-11-6-4-9/h9-13H,1-8H2. The summed E-state index contributed by atoms with van der Waals surface area (Å²) in [6.45, 7) is 4.76. The fourth-order valence-electron chi connectivity index (χ4n) is 2.34. The molecule has 2 saturated heterocycles. The topological polar surface area (TPSA) is 36.1 Å². The molecule has 0 bridgehead atoms. The Bertz CT molecular complexity index is 137. The van der Waals surface area contributed by atoms with Gasteiger partial charge in [-0.25, -0.2) is 0 Å². The van der Waals surface area contributed by atoms with E-state index in [1.165, 1.54) is 38.8 Å². The monoisotopic (exact) mass is 183 g/mol. The Kier molecular flexibility index (Phi) is 3.58. The van der Waals surface area contributed by atoms with Crippen LogP contribution < -0.4 is 16.0 Å². The molecule has 0 atom stereocenters. The minimum atomic E-state index is 0.606. The summed E-state index contributed by atoms with van der Waals surface area (Å²) in [5, 5.41) is 10.4. The molecule has 0 radical (unpaired) electrons. The van der Waals surface area contributed by atoms with Crippen LogP contribution in [0.25, 0.3) is 0 Å². The molecule has 0 unspecified atom stereocenters. The third-order valence-corrected chi connectivity index (χ3v) is 3.23. The largest absolute Gasteiger partial charge is 0.317 e. The first-order valence-electron chi connectivity index (χ1n) is 5.62. The highest BCUT2D eigenvalue weighted by Gasteiger charge is 2.17. The van der Waals surface area contributed by atoms with Gasteiger partial charge in [-0.3, -0.25) is 0 Å². The molecule has 76 valence electrons. The zero-order valence-electron chi connectivity index (χ0n) is 8.31. The quantitative estimate of drug-likeness (QED) is 0.588. The summed E-state index contributed by atoms with van der Waals surface area (Å²) < 4.78 is 0. The average Bonchev–Trinajstić information content (AvgIpc) is 2.69. The maximum absolute atomic E-state index is 3.47. The van der Waals surface area contributed by atoms with Crippen molar-refractivity contribution >= 4 is 0 Å². The van der Waals surface area contributed by atoms with Gasteiger partial charge in [-0.1, -0.05) is 0 Å². The van der Waals surface area contributed by atoms with Gasteiger partial charge in [0, 0.05) is 13.1 Å².